The van der Waals surface area contributed by atoms with Gasteiger partial charge in [0.15, 0.2) is 4.32 Å². The van der Waals surface area contributed by atoms with Gasteiger partial charge in [-0.25, -0.2) is 10.2 Å². The molecule has 1 heterocycles. The van der Waals surface area contributed by atoms with E-state index in [1.165, 1.54) is 0 Å². The third-order valence-corrected chi connectivity index (χ3v) is 4.03. The molecule has 0 aromatic heterocycles. The highest BCUT2D eigenvalue weighted by atomic mass is 32.2. The van der Waals surface area contributed by atoms with Gasteiger partial charge >= 0.3 is 6.03 Å². The standard InChI is InChI=1S/C13H14N4O2S2/c1-16(2)9-5-3-8(4-6-9)7-10-11(18)17(13(20)21-10)15-12(14)19/h3-7H,1-2H3,(H3,14,15,19)/b10-7-. The molecule has 8 heteroatoms. The van der Waals surface area contributed by atoms with E-state index >= 15 is 0 Å². The van der Waals surface area contributed by atoms with Crippen molar-refractivity contribution in [3.8, 4) is 0 Å². The van der Waals surface area contributed by atoms with Crippen LogP contribution in [0.4, 0.5) is 10.5 Å². The minimum Gasteiger partial charge on any atom is -0.378 e. The number of carbonyl (C=O) groups is 2. The molecule has 0 radical (unpaired) electrons. The van der Waals surface area contributed by atoms with Crippen molar-refractivity contribution in [1.29, 1.82) is 0 Å². The first-order chi connectivity index (χ1) is 9.88. The number of thiocarbonyl (C=S) groups is 1. The molecule has 1 aliphatic rings. The molecule has 21 heavy (non-hydrogen) atoms. The van der Waals surface area contributed by atoms with Crippen LogP contribution in [0.2, 0.25) is 0 Å². The molecule has 0 bridgehead atoms. The molecular weight excluding hydrogens is 308 g/mol. The molecule has 110 valence electrons. The summed E-state index contributed by atoms with van der Waals surface area (Å²) in [5.41, 5.74) is 9.14. The molecule has 0 atom stereocenters. The number of anilines is 1. The zero-order valence-corrected chi connectivity index (χ0v) is 13.1. The largest absolute Gasteiger partial charge is 0.378 e. The van der Waals surface area contributed by atoms with E-state index in [2.05, 4.69) is 5.43 Å². The lowest BCUT2D eigenvalue weighted by molar-refractivity contribution is -0.123. The van der Waals surface area contributed by atoms with Crippen LogP contribution in [0.3, 0.4) is 0 Å². The number of hydrogen-bond acceptors (Lipinski definition) is 5. The summed E-state index contributed by atoms with van der Waals surface area (Å²) >= 11 is 6.15. The first kappa shape index (κ1) is 15.3. The van der Waals surface area contributed by atoms with E-state index in [-0.39, 0.29) is 10.2 Å². The van der Waals surface area contributed by atoms with Gasteiger partial charge in [-0.2, -0.15) is 5.01 Å². The lowest BCUT2D eigenvalue weighted by atomic mass is 10.2. The number of hydrazine groups is 1. The normalized spacial score (nSPS) is 16.5. The van der Waals surface area contributed by atoms with Crippen molar-refractivity contribution in [1.82, 2.24) is 10.4 Å². The SMILES string of the molecule is CN(C)c1ccc(/C=C2\SC(=S)N(NC(N)=O)C2=O)cc1. The number of urea groups is 1. The zero-order chi connectivity index (χ0) is 15.6. The Morgan fingerprint density at radius 1 is 1.38 bits per heavy atom. The van der Waals surface area contributed by atoms with E-state index in [0.29, 0.717) is 4.91 Å². The fourth-order valence-electron chi connectivity index (χ4n) is 1.69. The Kier molecular flexibility index (Phi) is 4.49. The fraction of sp³-hybridized carbons (Fsp3) is 0.154. The van der Waals surface area contributed by atoms with E-state index < -0.39 is 6.03 Å². The van der Waals surface area contributed by atoms with Crippen LogP contribution in [0.25, 0.3) is 6.08 Å². The van der Waals surface area contributed by atoms with Gasteiger partial charge in [0.05, 0.1) is 4.91 Å². The number of hydrogen-bond donors (Lipinski definition) is 2. The number of thioether (sulfide) groups is 1. The van der Waals surface area contributed by atoms with E-state index in [0.717, 1.165) is 28.0 Å². The number of benzene rings is 1. The second-order valence-electron chi connectivity index (χ2n) is 4.48. The van der Waals surface area contributed by atoms with Crippen molar-refractivity contribution in [3.05, 3.63) is 34.7 Å². The van der Waals surface area contributed by atoms with Crippen LogP contribution in [0.1, 0.15) is 5.56 Å². The number of nitrogens with zero attached hydrogens (tertiary/aromatic N) is 2. The summed E-state index contributed by atoms with van der Waals surface area (Å²) in [6.45, 7) is 0. The lowest BCUT2D eigenvalue weighted by Crippen LogP contribution is -2.47. The lowest BCUT2D eigenvalue weighted by Gasteiger charge is -2.13. The molecule has 0 unspecified atom stereocenters. The summed E-state index contributed by atoms with van der Waals surface area (Å²) in [7, 11) is 3.91. The quantitative estimate of drug-likeness (QED) is 0.652. The Labute approximate surface area is 131 Å². The number of nitrogens with one attached hydrogen (secondary N) is 1. The van der Waals surface area contributed by atoms with Crippen LogP contribution in [0, 0.1) is 0 Å². The predicted octanol–water partition coefficient (Wildman–Crippen LogP) is 1.54. The Hall–Kier alpha value is -2.06. The molecule has 3 amide bonds. The molecule has 1 aromatic carbocycles. The first-order valence-corrected chi connectivity index (χ1v) is 7.22. The summed E-state index contributed by atoms with van der Waals surface area (Å²) in [6.07, 6.45) is 1.72. The van der Waals surface area contributed by atoms with Gasteiger partial charge in [-0.15, -0.1) is 0 Å². The van der Waals surface area contributed by atoms with E-state index in [1.807, 2.05) is 43.3 Å². The van der Waals surface area contributed by atoms with Crippen LogP contribution in [0.5, 0.6) is 0 Å². The van der Waals surface area contributed by atoms with Crippen LogP contribution in [-0.4, -0.2) is 35.4 Å². The molecule has 1 fully saturated rings. The predicted molar refractivity (Wildman–Crippen MR) is 88.5 cm³/mol. The summed E-state index contributed by atoms with van der Waals surface area (Å²) < 4.78 is 0.245. The average Bonchev–Trinajstić information content (AvgIpc) is 2.67. The Morgan fingerprint density at radius 3 is 2.52 bits per heavy atom. The molecule has 2 rings (SSSR count). The third-order valence-electron chi connectivity index (χ3n) is 2.72. The topological polar surface area (TPSA) is 78.7 Å². The van der Waals surface area contributed by atoms with E-state index in [4.69, 9.17) is 18.0 Å². The highest BCUT2D eigenvalue weighted by Crippen LogP contribution is 2.31. The first-order valence-electron chi connectivity index (χ1n) is 6.00. The zero-order valence-electron chi connectivity index (χ0n) is 11.5. The number of amides is 3. The maximum absolute atomic E-state index is 12.1. The maximum atomic E-state index is 12.1. The number of carbonyl (C=O) groups excluding carboxylic acids is 2. The van der Waals surface area contributed by atoms with Crippen molar-refractivity contribution >= 4 is 52.0 Å². The van der Waals surface area contributed by atoms with Gasteiger partial charge in [0, 0.05) is 19.8 Å². The molecule has 0 spiro atoms. The molecule has 0 saturated carbocycles. The third kappa shape index (κ3) is 3.53. The fourth-order valence-corrected chi connectivity index (χ4v) is 2.87. The molecule has 1 saturated heterocycles. The molecule has 3 N–H and O–H groups in total. The Balaban J connectivity index is 2.20. The minimum absolute atomic E-state index is 0.245. The van der Waals surface area contributed by atoms with Crippen LogP contribution < -0.4 is 16.1 Å². The molecule has 1 aromatic rings. The summed E-state index contributed by atoms with van der Waals surface area (Å²) in [4.78, 5) is 25.4. The second-order valence-corrected chi connectivity index (χ2v) is 6.15. The van der Waals surface area contributed by atoms with Crippen molar-refractivity contribution < 1.29 is 9.59 Å². The number of primary amides is 1. The van der Waals surface area contributed by atoms with Crippen molar-refractivity contribution in [3.63, 3.8) is 0 Å². The number of rotatable bonds is 3. The van der Waals surface area contributed by atoms with Gasteiger partial charge in [-0.3, -0.25) is 4.79 Å². The highest BCUT2D eigenvalue weighted by Gasteiger charge is 2.33. The Morgan fingerprint density at radius 2 is 2.00 bits per heavy atom. The van der Waals surface area contributed by atoms with Gasteiger partial charge in [-0.05, 0) is 36.0 Å². The van der Waals surface area contributed by atoms with Crippen molar-refractivity contribution in [2.24, 2.45) is 5.73 Å². The van der Waals surface area contributed by atoms with Crippen LogP contribution in [0.15, 0.2) is 29.2 Å². The van der Waals surface area contributed by atoms with Gasteiger partial charge in [0.1, 0.15) is 0 Å². The summed E-state index contributed by atoms with van der Waals surface area (Å²) in [5, 5.41) is 0.975. The minimum atomic E-state index is -0.831. The smallest absolute Gasteiger partial charge is 0.331 e. The van der Waals surface area contributed by atoms with Gasteiger partial charge in [0.25, 0.3) is 5.91 Å². The molecule has 1 aliphatic heterocycles. The van der Waals surface area contributed by atoms with Gasteiger partial charge in [0.2, 0.25) is 0 Å². The summed E-state index contributed by atoms with van der Waals surface area (Å²) in [5.74, 6) is -0.388. The van der Waals surface area contributed by atoms with Crippen molar-refractivity contribution in [2.75, 3.05) is 19.0 Å². The van der Waals surface area contributed by atoms with Crippen LogP contribution >= 0.6 is 24.0 Å². The molecular formula is C13H14N4O2S2. The van der Waals surface area contributed by atoms with Gasteiger partial charge in [-0.1, -0.05) is 23.9 Å². The van der Waals surface area contributed by atoms with E-state index in [1.54, 1.807) is 6.08 Å². The molecule has 6 nitrogen and oxygen atoms in total. The monoisotopic (exact) mass is 322 g/mol. The molecule has 0 aliphatic carbocycles. The van der Waals surface area contributed by atoms with Crippen LogP contribution in [-0.2, 0) is 4.79 Å². The summed E-state index contributed by atoms with van der Waals surface area (Å²) in [6, 6.07) is 6.89. The average molecular weight is 322 g/mol. The van der Waals surface area contributed by atoms with Crippen molar-refractivity contribution in [2.45, 2.75) is 0 Å². The van der Waals surface area contributed by atoms with E-state index in [9.17, 15) is 9.59 Å². The number of nitrogens with two attached hydrogens (primary N) is 1. The highest BCUT2D eigenvalue weighted by molar-refractivity contribution is 8.26. The Bertz CT molecular complexity index is 626. The maximum Gasteiger partial charge on any atom is 0.331 e. The van der Waals surface area contributed by atoms with Gasteiger partial charge < -0.3 is 10.6 Å². The second kappa shape index (κ2) is 6.15.